The predicted molar refractivity (Wildman–Crippen MR) is 99.0 cm³/mol. The number of nitrogens with zero attached hydrogens (tertiary/aromatic N) is 3. The maximum absolute atomic E-state index is 12.9. The average Bonchev–Trinajstić information content (AvgIpc) is 2.98. The van der Waals surface area contributed by atoms with Gasteiger partial charge in [0.15, 0.2) is 5.82 Å². The normalized spacial score (nSPS) is 21.1. The molecule has 0 unspecified atom stereocenters. The summed E-state index contributed by atoms with van der Waals surface area (Å²) >= 11 is 0. The average molecular weight is 358 g/mol. The summed E-state index contributed by atoms with van der Waals surface area (Å²) in [4.78, 5) is 36.3. The van der Waals surface area contributed by atoms with Crippen LogP contribution in [-0.2, 0) is 4.74 Å². The lowest BCUT2D eigenvalue weighted by atomic mass is 10.1. The predicted octanol–water partition coefficient (Wildman–Crippen LogP) is 3.03. The molecule has 1 aromatic heterocycles. The van der Waals surface area contributed by atoms with Crippen molar-refractivity contribution in [3.8, 4) is 0 Å². The van der Waals surface area contributed by atoms with Crippen molar-refractivity contribution in [1.29, 1.82) is 0 Å². The van der Waals surface area contributed by atoms with Crippen LogP contribution in [-0.4, -0.2) is 62.5 Å². The minimum atomic E-state index is -0.540. The quantitative estimate of drug-likeness (QED) is 0.850. The van der Waals surface area contributed by atoms with Gasteiger partial charge in [-0.2, -0.15) is 0 Å². The Bertz CT molecular complexity index is 791. The van der Waals surface area contributed by atoms with Crippen molar-refractivity contribution >= 4 is 23.0 Å². The van der Waals surface area contributed by atoms with Crippen LogP contribution >= 0.6 is 0 Å². The molecule has 140 valence electrons. The monoisotopic (exact) mass is 358 g/mol. The Morgan fingerprint density at radius 2 is 1.73 bits per heavy atom. The molecule has 1 aliphatic rings. The van der Waals surface area contributed by atoms with Crippen LogP contribution in [0.5, 0.6) is 0 Å². The second-order valence-electron chi connectivity index (χ2n) is 7.89. The molecular weight excluding hydrogens is 332 g/mol. The molecule has 0 saturated carbocycles. The number of amides is 2. The molecule has 1 aliphatic heterocycles. The summed E-state index contributed by atoms with van der Waals surface area (Å²) in [5.41, 5.74) is 1.06. The van der Waals surface area contributed by atoms with E-state index < -0.39 is 5.60 Å². The largest absolute Gasteiger partial charge is 0.444 e. The number of carbonyl (C=O) groups excluding carboxylic acids is 2. The number of carbonyl (C=O) groups is 2. The number of imidazole rings is 1. The van der Waals surface area contributed by atoms with E-state index >= 15 is 0 Å². The van der Waals surface area contributed by atoms with Crippen molar-refractivity contribution in [2.75, 3.05) is 13.1 Å². The lowest BCUT2D eigenvalue weighted by molar-refractivity contribution is -0.00810. The van der Waals surface area contributed by atoms with E-state index in [2.05, 4.69) is 9.97 Å². The highest BCUT2D eigenvalue weighted by atomic mass is 16.6. The molecule has 2 atom stereocenters. The first-order chi connectivity index (χ1) is 12.2. The van der Waals surface area contributed by atoms with E-state index in [1.54, 1.807) is 9.80 Å². The van der Waals surface area contributed by atoms with Crippen LogP contribution in [0.2, 0.25) is 0 Å². The maximum Gasteiger partial charge on any atom is 0.410 e. The fraction of sp³-hybridized carbons (Fsp3) is 0.526. The SMILES string of the molecule is C[C@@H]1CN(C(=O)c2nc3ccccc3[nH]2)[C@H](C)CN1C(=O)OC(C)(C)C. The van der Waals surface area contributed by atoms with Gasteiger partial charge in [-0.25, -0.2) is 9.78 Å². The molecule has 7 nitrogen and oxygen atoms in total. The van der Waals surface area contributed by atoms with Crippen molar-refractivity contribution in [2.24, 2.45) is 0 Å². The Balaban J connectivity index is 1.74. The summed E-state index contributed by atoms with van der Waals surface area (Å²) in [6.07, 6.45) is -0.340. The molecule has 0 aliphatic carbocycles. The first kappa shape index (κ1) is 18.2. The van der Waals surface area contributed by atoms with E-state index in [1.165, 1.54) is 0 Å². The van der Waals surface area contributed by atoms with Crippen LogP contribution in [0, 0.1) is 0 Å². The van der Waals surface area contributed by atoms with Gasteiger partial charge in [0.2, 0.25) is 0 Å². The molecule has 2 aromatic rings. The van der Waals surface area contributed by atoms with Gasteiger partial charge < -0.3 is 19.5 Å². The number of para-hydroxylation sites is 2. The molecule has 1 N–H and O–H groups in total. The Labute approximate surface area is 153 Å². The van der Waals surface area contributed by atoms with Crippen LogP contribution < -0.4 is 0 Å². The van der Waals surface area contributed by atoms with E-state index in [1.807, 2.05) is 58.9 Å². The Hall–Kier alpha value is -2.57. The van der Waals surface area contributed by atoms with Gasteiger partial charge in [-0.1, -0.05) is 12.1 Å². The highest BCUT2D eigenvalue weighted by Crippen LogP contribution is 2.21. The molecule has 2 heterocycles. The Morgan fingerprint density at radius 1 is 1.12 bits per heavy atom. The molecule has 7 heteroatoms. The third-order valence-electron chi connectivity index (χ3n) is 4.47. The fourth-order valence-corrected chi connectivity index (χ4v) is 3.17. The van der Waals surface area contributed by atoms with Crippen LogP contribution in [0.3, 0.4) is 0 Å². The minimum absolute atomic E-state index is 0.126. The van der Waals surface area contributed by atoms with Crippen LogP contribution in [0.15, 0.2) is 24.3 Å². The smallest absolute Gasteiger partial charge is 0.410 e. The van der Waals surface area contributed by atoms with E-state index in [0.29, 0.717) is 18.9 Å². The van der Waals surface area contributed by atoms with Gasteiger partial charge in [0, 0.05) is 25.2 Å². The second kappa shape index (κ2) is 6.63. The highest BCUT2D eigenvalue weighted by Gasteiger charge is 2.37. The number of rotatable bonds is 1. The highest BCUT2D eigenvalue weighted by molar-refractivity contribution is 5.94. The topological polar surface area (TPSA) is 78.5 Å². The lowest BCUT2D eigenvalue weighted by Gasteiger charge is -2.43. The molecule has 2 amide bonds. The van der Waals surface area contributed by atoms with E-state index in [4.69, 9.17) is 4.74 Å². The molecule has 0 radical (unpaired) electrons. The number of hydrogen-bond acceptors (Lipinski definition) is 4. The van der Waals surface area contributed by atoms with Crippen LogP contribution in [0.25, 0.3) is 11.0 Å². The van der Waals surface area contributed by atoms with E-state index in [0.717, 1.165) is 11.0 Å². The summed E-state index contributed by atoms with van der Waals surface area (Å²) in [5.74, 6) is 0.181. The number of hydrogen-bond donors (Lipinski definition) is 1. The number of fused-ring (bicyclic) bond motifs is 1. The Kier molecular flexibility index (Phi) is 4.64. The zero-order valence-corrected chi connectivity index (χ0v) is 15.9. The second-order valence-corrected chi connectivity index (χ2v) is 7.89. The van der Waals surface area contributed by atoms with Gasteiger partial charge in [0.05, 0.1) is 11.0 Å². The van der Waals surface area contributed by atoms with E-state index in [9.17, 15) is 9.59 Å². The van der Waals surface area contributed by atoms with E-state index in [-0.39, 0.29) is 24.1 Å². The molecule has 26 heavy (non-hydrogen) atoms. The summed E-state index contributed by atoms with van der Waals surface area (Å²) in [6, 6.07) is 7.30. The summed E-state index contributed by atoms with van der Waals surface area (Å²) in [7, 11) is 0. The van der Waals surface area contributed by atoms with Crippen molar-refractivity contribution in [3.05, 3.63) is 30.1 Å². The molecule has 0 spiro atoms. The zero-order valence-electron chi connectivity index (χ0n) is 15.9. The number of aromatic nitrogens is 2. The minimum Gasteiger partial charge on any atom is -0.444 e. The summed E-state index contributed by atoms with van der Waals surface area (Å²) in [5, 5.41) is 0. The first-order valence-electron chi connectivity index (χ1n) is 8.91. The van der Waals surface area contributed by atoms with Gasteiger partial charge in [0.1, 0.15) is 5.60 Å². The number of H-pyrrole nitrogens is 1. The van der Waals surface area contributed by atoms with Crippen molar-refractivity contribution in [2.45, 2.75) is 52.3 Å². The van der Waals surface area contributed by atoms with Crippen LogP contribution in [0.4, 0.5) is 4.79 Å². The molecular formula is C19H26N4O3. The number of piperazine rings is 1. The number of ether oxygens (including phenoxy) is 1. The number of aromatic amines is 1. The van der Waals surface area contributed by atoms with Gasteiger partial charge >= 0.3 is 6.09 Å². The third-order valence-corrected chi connectivity index (χ3v) is 4.47. The van der Waals surface area contributed by atoms with Crippen molar-refractivity contribution in [1.82, 2.24) is 19.8 Å². The zero-order chi connectivity index (χ0) is 19.1. The Morgan fingerprint density at radius 3 is 2.38 bits per heavy atom. The molecule has 0 bridgehead atoms. The number of benzene rings is 1. The standard InChI is InChI=1S/C19H26N4O3/c1-12-11-23(18(25)26-19(3,4)5)13(2)10-22(12)17(24)16-20-14-8-6-7-9-15(14)21-16/h6-9,12-13H,10-11H2,1-5H3,(H,20,21)/t12-,13-/m1/s1. The maximum atomic E-state index is 12.9. The molecule has 3 rings (SSSR count). The lowest BCUT2D eigenvalue weighted by Crippen LogP contribution is -2.60. The molecule has 1 fully saturated rings. The van der Waals surface area contributed by atoms with Crippen LogP contribution in [0.1, 0.15) is 45.2 Å². The third kappa shape index (κ3) is 3.66. The molecule has 1 aromatic carbocycles. The summed E-state index contributed by atoms with van der Waals surface area (Å²) < 4.78 is 5.48. The first-order valence-corrected chi connectivity index (χ1v) is 8.91. The summed E-state index contributed by atoms with van der Waals surface area (Å²) in [6.45, 7) is 10.3. The number of nitrogens with one attached hydrogen (secondary N) is 1. The van der Waals surface area contributed by atoms with Gasteiger partial charge in [0.25, 0.3) is 5.91 Å². The van der Waals surface area contributed by atoms with Crippen molar-refractivity contribution in [3.63, 3.8) is 0 Å². The van der Waals surface area contributed by atoms with Gasteiger partial charge in [-0.15, -0.1) is 0 Å². The van der Waals surface area contributed by atoms with Crippen molar-refractivity contribution < 1.29 is 14.3 Å². The van der Waals surface area contributed by atoms with Gasteiger partial charge in [-0.05, 0) is 46.8 Å². The molecule has 1 saturated heterocycles. The van der Waals surface area contributed by atoms with Gasteiger partial charge in [-0.3, -0.25) is 4.79 Å². The fourth-order valence-electron chi connectivity index (χ4n) is 3.17.